The smallest absolute Gasteiger partial charge is 0.270 e. The molecule has 2 aromatic rings. The van der Waals surface area contributed by atoms with E-state index in [1.165, 1.54) is 25.7 Å². The van der Waals surface area contributed by atoms with Gasteiger partial charge in [-0.1, -0.05) is 42.6 Å². The van der Waals surface area contributed by atoms with Gasteiger partial charge in [-0.3, -0.25) is 4.79 Å². The van der Waals surface area contributed by atoms with E-state index in [0.29, 0.717) is 16.8 Å². The van der Waals surface area contributed by atoms with Crippen molar-refractivity contribution in [1.82, 2.24) is 5.32 Å². The Kier molecular flexibility index (Phi) is 5.37. The van der Waals surface area contributed by atoms with Crippen LogP contribution in [0.3, 0.4) is 0 Å². The molecular weight excluding hydrogens is 360 g/mol. The Morgan fingerprint density at radius 1 is 1.11 bits per heavy atom. The van der Waals surface area contributed by atoms with E-state index in [9.17, 15) is 4.79 Å². The number of hydrogen-bond acceptors (Lipinski definition) is 3. The van der Waals surface area contributed by atoms with Gasteiger partial charge < -0.3 is 15.0 Å². The van der Waals surface area contributed by atoms with E-state index in [1.807, 2.05) is 48.2 Å². The van der Waals surface area contributed by atoms with Gasteiger partial charge in [-0.05, 0) is 55.7 Å². The minimum Gasteiger partial charge on any atom is -0.478 e. The molecular formula is C22H25ClN2O2. The number of benzene rings is 2. The number of halogens is 1. The molecule has 27 heavy (non-hydrogen) atoms. The van der Waals surface area contributed by atoms with Crippen molar-refractivity contribution in [2.45, 2.75) is 50.8 Å². The summed E-state index contributed by atoms with van der Waals surface area (Å²) in [5.74, 6) is 0.686. The third-order valence-electron chi connectivity index (χ3n) is 5.58. The summed E-state index contributed by atoms with van der Waals surface area (Å²) in [6, 6.07) is 15.7. The summed E-state index contributed by atoms with van der Waals surface area (Å²) in [5, 5.41) is 4.31. The SMILES string of the molecule is Cc1ccccc1N1C(=O)[C@@H](Oc2ccc(Cl)cc2)[C@@H]1CNC1CCCC1. The fourth-order valence-corrected chi connectivity index (χ4v) is 4.18. The summed E-state index contributed by atoms with van der Waals surface area (Å²) in [6.07, 6.45) is 4.53. The number of nitrogens with one attached hydrogen (secondary N) is 1. The molecule has 2 atom stereocenters. The Bertz CT molecular complexity index is 802. The van der Waals surface area contributed by atoms with Gasteiger partial charge in [0.25, 0.3) is 5.91 Å². The number of carbonyl (C=O) groups excluding carboxylic acids is 1. The van der Waals surface area contributed by atoms with E-state index < -0.39 is 6.10 Å². The zero-order chi connectivity index (χ0) is 18.8. The number of carbonyl (C=O) groups is 1. The molecule has 1 aliphatic carbocycles. The van der Waals surface area contributed by atoms with Crippen LogP contribution in [0, 0.1) is 6.92 Å². The van der Waals surface area contributed by atoms with Gasteiger partial charge in [-0.15, -0.1) is 0 Å². The van der Waals surface area contributed by atoms with Crippen molar-refractivity contribution in [2.75, 3.05) is 11.4 Å². The van der Waals surface area contributed by atoms with Crippen LogP contribution in [0.25, 0.3) is 0 Å². The Morgan fingerprint density at radius 2 is 1.81 bits per heavy atom. The van der Waals surface area contributed by atoms with E-state index in [2.05, 4.69) is 5.32 Å². The summed E-state index contributed by atoms with van der Waals surface area (Å²) >= 11 is 5.96. The lowest BCUT2D eigenvalue weighted by atomic mass is 9.94. The van der Waals surface area contributed by atoms with Gasteiger partial charge >= 0.3 is 0 Å². The minimum atomic E-state index is -0.473. The fourth-order valence-electron chi connectivity index (χ4n) is 4.05. The van der Waals surface area contributed by atoms with Gasteiger partial charge in [-0.25, -0.2) is 0 Å². The Balaban J connectivity index is 1.52. The van der Waals surface area contributed by atoms with Gasteiger partial charge in [-0.2, -0.15) is 0 Å². The molecule has 1 heterocycles. The molecule has 142 valence electrons. The van der Waals surface area contributed by atoms with Crippen LogP contribution >= 0.6 is 11.6 Å². The molecule has 1 aliphatic heterocycles. The lowest BCUT2D eigenvalue weighted by molar-refractivity contribution is -0.134. The molecule has 2 aromatic carbocycles. The molecule has 0 aromatic heterocycles. The first-order valence-electron chi connectivity index (χ1n) is 9.68. The van der Waals surface area contributed by atoms with E-state index in [0.717, 1.165) is 17.8 Å². The van der Waals surface area contributed by atoms with Crippen molar-refractivity contribution < 1.29 is 9.53 Å². The summed E-state index contributed by atoms with van der Waals surface area (Å²) in [5.41, 5.74) is 2.07. The summed E-state index contributed by atoms with van der Waals surface area (Å²) in [6.45, 7) is 2.78. The molecule has 1 saturated carbocycles. The van der Waals surface area contributed by atoms with Crippen LogP contribution in [-0.4, -0.2) is 30.6 Å². The first kappa shape index (κ1) is 18.3. The Hall–Kier alpha value is -2.04. The number of ether oxygens (including phenoxy) is 1. The lowest BCUT2D eigenvalue weighted by Crippen LogP contribution is -2.70. The average Bonchev–Trinajstić information content (AvgIpc) is 3.19. The molecule has 4 rings (SSSR count). The highest BCUT2D eigenvalue weighted by Gasteiger charge is 2.50. The first-order chi connectivity index (χ1) is 13.1. The normalized spacial score (nSPS) is 22.7. The van der Waals surface area contributed by atoms with Crippen LogP contribution < -0.4 is 15.0 Å². The molecule has 1 saturated heterocycles. The van der Waals surface area contributed by atoms with Crippen molar-refractivity contribution in [3.8, 4) is 5.75 Å². The van der Waals surface area contributed by atoms with Gasteiger partial charge in [0.1, 0.15) is 5.75 Å². The highest BCUT2D eigenvalue weighted by molar-refractivity contribution is 6.30. The second-order valence-corrected chi connectivity index (χ2v) is 7.88. The Morgan fingerprint density at radius 3 is 2.52 bits per heavy atom. The van der Waals surface area contributed by atoms with E-state index >= 15 is 0 Å². The van der Waals surface area contributed by atoms with Gasteiger partial charge in [0, 0.05) is 23.3 Å². The van der Waals surface area contributed by atoms with Crippen molar-refractivity contribution in [2.24, 2.45) is 0 Å². The number of aryl methyl sites for hydroxylation is 1. The molecule has 0 bridgehead atoms. The van der Waals surface area contributed by atoms with Gasteiger partial charge in [0.2, 0.25) is 0 Å². The first-order valence-corrected chi connectivity index (χ1v) is 10.1. The lowest BCUT2D eigenvalue weighted by Gasteiger charge is -2.47. The molecule has 0 radical (unpaired) electrons. The zero-order valence-corrected chi connectivity index (χ0v) is 16.3. The largest absolute Gasteiger partial charge is 0.478 e. The fraction of sp³-hybridized carbons (Fsp3) is 0.409. The molecule has 4 nitrogen and oxygen atoms in total. The number of amides is 1. The van der Waals surface area contributed by atoms with Crippen LogP contribution in [-0.2, 0) is 4.79 Å². The van der Waals surface area contributed by atoms with Crippen LogP contribution in [0.5, 0.6) is 5.75 Å². The van der Waals surface area contributed by atoms with Gasteiger partial charge in [0.05, 0.1) is 6.04 Å². The third kappa shape index (κ3) is 3.83. The molecule has 2 fully saturated rings. The van der Waals surface area contributed by atoms with Crippen LogP contribution in [0.1, 0.15) is 31.2 Å². The molecule has 0 spiro atoms. The zero-order valence-electron chi connectivity index (χ0n) is 15.5. The Labute approximate surface area is 165 Å². The maximum atomic E-state index is 12.9. The summed E-state index contributed by atoms with van der Waals surface area (Å²) in [4.78, 5) is 14.8. The standard InChI is InChI=1S/C22H25ClN2O2/c1-15-6-2-5-9-19(15)25-20(14-24-17-7-3-4-8-17)21(22(25)26)27-18-12-10-16(23)11-13-18/h2,5-6,9-13,17,20-21,24H,3-4,7-8,14H2,1H3/t20-,21-/m0/s1. The van der Waals surface area contributed by atoms with Crippen LogP contribution in [0.2, 0.25) is 5.02 Å². The topological polar surface area (TPSA) is 41.6 Å². The number of nitrogens with zero attached hydrogens (tertiary/aromatic N) is 1. The molecule has 1 N–H and O–H groups in total. The van der Waals surface area contributed by atoms with Crippen molar-refractivity contribution in [3.05, 3.63) is 59.1 Å². The third-order valence-corrected chi connectivity index (χ3v) is 5.84. The van der Waals surface area contributed by atoms with E-state index in [1.54, 1.807) is 12.1 Å². The predicted molar refractivity (Wildman–Crippen MR) is 109 cm³/mol. The number of para-hydroxylation sites is 1. The maximum absolute atomic E-state index is 12.9. The van der Waals surface area contributed by atoms with Crippen molar-refractivity contribution in [1.29, 1.82) is 0 Å². The highest BCUT2D eigenvalue weighted by atomic mass is 35.5. The average molecular weight is 385 g/mol. The minimum absolute atomic E-state index is 0.0115. The molecule has 5 heteroatoms. The summed E-state index contributed by atoms with van der Waals surface area (Å²) in [7, 11) is 0. The molecule has 1 amide bonds. The number of rotatable bonds is 6. The highest BCUT2D eigenvalue weighted by Crippen LogP contribution is 2.33. The van der Waals surface area contributed by atoms with E-state index in [-0.39, 0.29) is 11.9 Å². The van der Waals surface area contributed by atoms with E-state index in [4.69, 9.17) is 16.3 Å². The number of anilines is 1. The second-order valence-electron chi connectivity index (χ2n) is 7.44. The number of β-lactam (4-membered cyclic amide) rings is 1. The molecule has 0 unspecified atom stereocenters. The van der Waals surface area contributed by atoms with Crippen LogP contribution in [0.4, 0.5) is 5.69 Å². The quantitative estimate of drug-likeness (QED) is 0.753. The molecule has 2 aliphatic rings. The number of hydrogen-bond donors (Lipinski definition) is 1. The predicted octanol–water partition coefficient (Wildman–Crippen LogP) is 4.34. The monoisotopic (exact) mass is 384 g/mol. The maximum Gasteiger partial charge on any atom is 0.270 e. The summed E-state index contributed by atoms with van der Waals surface area (Å²) < 4.78 is 6.05. The van der Waals surface area contributed by atoms with Crippen LogP contribution in [0.15, 0.2) is 48.5 Å². The van der Waals surface area contributed by atoms with Crippen molar-refractivity contribution in [3.63, 3.8) is 0 Å². The second kappa shape index (κ2) is 7.91. The van der Waals surface area contributed by atoms with Crippen molar-refractivity contribution >= 4 is 23.2 Å². The van der Waals surface area contributed by atoms with Gasteiger partial charge in [0.15, 0.2) is 6.10 Å².